The van der Waals surface area contributed by atoms with Crippen LogP contribution in [0.5, 0.6) is 0 Å². The van der Waals surface area contributed by atoms with E-state index in [0.717, 1.165) is 0 Å². The normalized spacial score (nSPS) is 10.3. The Hall–Kier alpha value is -3.54. The Labute approximate surface area is 138 Å². The van der Waals surface area contributed by atoms with Crippen molar-refractivity contribution in [2.45, 2.75) is 0 Å². The first kappa shape index (κ1) is 15.4. The summed E-state index contributed by atoms with van der Waals surface area (Å²) < 4.78 is 0. The van der Waals surface area contributed by atoms with Crippen molar-refractivity contribution in [2.75, 3.05) is 0 Å². The van der Waals surface area contributed by atoms with Gasteiger partial charge in [-0.1, -0.05) is 60.7 Å². The van der Waals surface area contributed by atoms with E-state index >= 15 is 0 Å². The van der Waals surface area contributed by atoms with Crippen molar-refractivity contribution in [3.8, 4) is 22.5 Å². The Morgan fingerprint density at radius 3 is 1.25 bits per heavy atom. The molecule has 0 fully saturated rings. The molecule has 0 saturated carbocycles. The molecule has 0 aliphatic heterocycles. The quantitative estimate of drug-likeness (QED) is 0.766. The molecule has 0 spiro atoms. The van der Waals surface area contributed by atoms with E-state index in [2.05, 4.69) is 9.97 Å². The van der Waals surface area contributed by atoms with Gasteiger partial charge >= 0.3 is 0 Å². The van der Waals surface area contributed by atoms with Crippen molar-refractivity contribution in [1.82, 2.24) is 9.97 Å². The smallest absolute Gasteiger partial charge is 0.269 e. The minimum Gasteiger partial charge on any atom is -0.364 e. The van der Waals surface area contributed by atoms with E-state index in [4.69, 9.17) is 11.5 Å². The molecule has 24 heavy (non-hydrogen) atoms. The second-order valence-corrected chi connectivity index (χ2v) is 5.08. The number of carbonyl (C=O) groups excluding carboxylic acids is 2. The number of amides is 2. The van der Waals surface area contributed by atoms with Gasteiger partial charge in [-0.25, -0.2) is 9.97 Å². The maximum atomic E-state index is 11.9. The Morgan fingerprint density at radius 1 is 0.625 bits per heavy atom. The lowest BCUT2D eigenvalue weighted by Crippen LogP contribution is -2.21. The Morgan fingerprint density at radius 2 is 0.958 bits per heavy atom. The summed E-state index contributed by atoms with van der Waals surface area (Å²) in [6.07, 6.45) is 0. The van der Waals surface area contributed by atoms with Crippen molar-refractivity contribution in [2.24, 2.45) is 11.5 Å². The van der Waals surface area contributed by atoms with Gasteiger partial charge in [0.15, 0.2) is 11.4 Å². The Kier molecular flexibility index (Phi) is 4.03. The molecule has 3 aromatic rings. The number of benzene rings is 2. The maximum absolute atomic E-state index is 11.9. The van der Waals surface area contributed by atoms with E-state index < -0.39 is 11.8 Å². The van der Waals surface area contributed by atoms with E-state index in [1.165, 1.54) is 0 Å². The van der Waals surface area contributed by atoms with Gasteiger partial charge in [0.1, 0.15) is 11.4 Å². The predicted octanol–water partition coefficient (Wildman–Crippen LogP) is 2.01. The number of nitrogens with two attached hydrogens (primary N) is 2. The van der Waals surface area contributed by atoms with Gasteiger partial charge in [-0.3, -0.25) is 9.59 Å². The third kappa shape index (κ3) is 2.85. The summed E-state index contributed by atoms with van der Waals surface area (Å²) in [5.74, 6) is -1.45. The monoisotopic (exact) mass is 318 g/mol. The molecule has 6 nitrogen and oxygen atoms in total. The number of aromatic nitrogens is 2. The van der Waals surface area contributed by atoms with Crippen molar-refractivity contribution in [1.29, 1.82) is 0 Å². The molecule has 2 amide bonds. The van der Waals surface area contributed by atoms with Crippen LogP contribution in [0.1, 0.15) is 21.0 Å². The fourth-order valence-corrected chi connectivity index (χ4v) is 2.37. The number of hydrogen-bond donors (Lipinski definition) is 2. The van der Waals surface area contributed by atoms with Gasteiger partial charge in [0, 0.05) is 11.1 Å². The molecule has 0 radical (unpaired) electrons. The highest BCUT2D eigenvalue weighted by molar-refractivity contribution is 6.02. The van der Waals surface area contributed by atoms with Gasteiger partial charge in [-0.05, 0) is 0 Å². The molecule has 1 aromatic heterocycles. The molecule has 0 saturated heterocycles. The highest BCUT2D eigenvalue weighted by Crippen LogP contribution is 2.26. The Bertz CT molecular complexity index is 832. The summed E-state index contributed by atoms with van der Waals surface area (Å²) in [5.41, 5.74) is 12.6. The molecule has 2 aromatic carbocycles. The van der Waals surface area contributed by atoms with E-state index in [1.54, 1.807) is 48.5 Å². The van der Waals surface area contributed by atoms with Crippen LogP contribution in [0.4, 0.5) is 0 Å². The van der Waals surface area contributed by atoms with Crippen LogP contribution in [-0.4, -0.2) is 21.8 Å². The van der Waals surface area contributed by atoms with Crippen LogP contribution in [0.3, 0.4) is 0 Å². The number of rotatable bonds is 4. The molecular formula is C18H14N4O2. The van der Waals surface area contributed by atoms with Crippen molar-refractivity contribution < 1.29 is 9.59 Å². The van der Waals surface area contributed by atoms with Crippen LogP contribution in [0.25, 0.3) is 22.5 Å². The van der Waals surface area contributed by atoms with Crippen LogP contribution >= 0.6 is 0 Å². The number of carbonyl (C=O) groups is 2. The summed E-state index contributed by atoms with van der Waals surface area (Å²) in [6, 6.07) is 17.8. The third-order valence-corrected chi connectivity index (χ3v) is 3.46. The van der Waals surface area contributed by atoms with Crippen LogP contribution in [0, 0.1) is 0 Å². The van der Waals surface area contributed by atoms with Crippen molar-refractivity contribution >= 4 is 11.8 Å². The van der Waals surface area contributed by atoms with Crippen molar-refractivity contribution in [3.63, 3.8) is 0 Å². The second kappa shape index (κ2) is 6.29. The number of nitrogens with zero attached hydrogens (tertiary/aromatic N) is 2. The van der Waals surface area contributed by atoms with Crippen LogP contribution in [0.15, 0.2) is 60.7 Å². The topological polar surface area (TPSA) is 112 Å². The first-order valence-corrected chi connectivity index (χ1v) is 7.20. The van der Waals surface area contributed by atoms with E-state index in [-0.39, 0.29) is 22.8 Å². The molecule has 1 heterocycles. The molecule has 0 aliphatic rings. The fraction of sp³-hybridized carbons (Fsp3) is 0. The van der Waals surface area contributed by atoms with Gasteiger partial charge in [0.25, 0.3) is 11.8 Å². The molecule has 6 heteroatoms. The van der Waals surface area contributed by atoms with Gasteiger partial charge in [-0.2, -0.15) is 0 Å². The average molecular weight is 318 g/mol. The van der Waals surface area contributed by atoms with Gasteiger partial charge in [0.2, 0.25) is 0 Å². The van der Waals surface area contributed by atoms with Gasteiger partial charge < -0.3 is 11.5 Å². The predicted molar refractivity (Wildman–Crippen MR) is 89.9 cm³/mol. The molecule has 0 bridgehead atoms. The largest absolute Gasteiger partial charge is 0.364 e. The molecule has 0 atom stereocenters. The van der Waals surface area contributed by atoms with E-state index in [9.17, 15) is 9.59 Å². The zero-order valence-electron chi connectivity index (χ0n) is 12.6. The summed E-state index contributed by atoms with van der Waals surface area (Å²) in [5, 5.41) is 0. The van der Waals surface area contributed by atoms with Crippen LogP contribution < -0.4 is 11.5 Å². The minimum atomic E-state index is -0.727. The molecular weight excluding hydrogens is 304 g/mol. The van der Waals surface area contributed by atoms with Gasteiger partial charge in [0.05, 0.1) is 0 Å². The zero-order valence-corrected chi connectivity index (χ0v) is 12.6. The van der Waals surface area contributed by atoms with E-state index in [1.807, 2.05) is 12.1 Å². The number of primary amides is 2. The number of hydrogen-bond acceptors (Lipinski definition) is 4. The summed E-state index contributed by atoms with van der Waals surface area (Å²) in [6.45, 7) is 0. The molecule has 0 unspecified atom stereocenters. The lowest BCUT2D eigenvalue weighted by Gasteiger charge is -2.11. The molecule has 0 aliphatic carbocycles. The minimum absolute atomic E-state index is 0.00921. The molecule has 118 valence electrons. The van der Waals surface area contributed by atoms with Gasteiger partial charge in [-0.15, -0.1) is 0 Å². The summed E-state index contributed by atoms with van der Waals surface area (Å²) >= 11 is 0. The summed E-state index contributed by atoms with van der Waals surface area (Å²) in [7, 11) is 0. The lowest BCUT2D eigenvalue weighted by atomic mass is 10.1. The van der Waals surface area contributed by atoms with Crippen molar-refractivity contribution in [3.05, 3.63) is 72.1 Å². The first-order chi connectivity index (χ1) is 11.6. The van der Waals surface area contributed by atoms with E-state index in [0.29, 0.717) is 11.1 Å². The molecule has 4 N–H and O–H groups in total. The molecule has 3 rings (SSSR count). The highest BCUT2D eigenvalue weighted by atomic mass is 16.1. The zero-order chi connectivity index (χ0) is 17.1. The van der Waals surface area contributed by atoms with Crippen LogP contribution in [0.2, 0.25) is 0 Å². The second-order valence-electron chi connectivity index (χ2n) is 5.08. The SMILES string of the molecule is NC(=O)c1nc(-c2ccccc2)c(C(N)=O)nc1-c1ccccc1. The maximum Gasteiger partial charge on any atom is 0.269 e. The first-order valence-electron chi connectivity index (χ1n) is 7.20. The van der Waals surface area contributed by atoms with Crippen LogP contribution in [-0.2, 0) is 0 Å². The fourth-order valence-electron chi connectivity index (χ4n) is 2.37. The third-order valence-electron chi connectivity index (χ3n) is 3.46. The average Bonchev–Trinajstić information content (AvgIpc) is 2.62. The highest BCUT2D eigenvalue weighted by Gasteiger charge is 2.22. The lowest BCUT2D eigenvalue weighted by molar-refractivity contribution is 0.0982. The Balaban J connectivity index is 2.32. The summed E-state index contributed by atoms with van der Waals surface area (Å²) in [4.78, 5) is 32.3. The standard InChI is InChI=1S/C18H14N4O2/c19-17(23)15-13(11-7-3-1-4-8-11)21-16(18(20)24)14(22-15)12-9-5-2-6-10-12/h1-10H,(H2,19,23)(H2,20,24).